The zero-order chi connectivity index (χ0) is 14.0. The van der Waals surface area contributed by atoms with Crippen molar-refractivity contribution in [3.63, 3.8) is 0 Å². The molecule has 0 bridgehead atoms. The van der Waals surface area contributed by atoms with Gasteiger partial charge in [-0.25, -0.2) is 17.9 Å². The van der Waals surface area contributed by atoms with E-state index in [1.54, 1.807) is 0 Å². The molecule has 18 heavy (non-hydrogen) atoms. The fraction of sp³-hybridized carbons (Fsp3) is 0.125. The van der Waals surface area contributed by atoms with Gasteiger partial charge in [-0.1, -0.05) is 0 Å². The van der Waals surface area contributed by atoms with Crippen LogP contribution in [0.3, 0.4) is 0 Å². The van der Waals surface area contributed by atoms with Crippen molar-refractivity contribution in [1.29, 1.82) is 0 Å². The van der Waals surface area contributed by atoms with Gasteiger partial charge in [-0.2, -0.15) is 8.42 Å². The molecule has 0 spiro atoms. The highest BCUT2D eigenvalue weighted by Gasteiger charge is 2.13. The van der Waals surface area contributed by atoms with Crippen LogP contribution in [0.4, 0.5) is 4.79 Å². The minimum atomic E-state index is -4.22. The molecule has 0 aliphatic rings. The van der Waals surface area contributed by atoms with E-state index < -0.39 is 25.2 Å². The van der Waals surface area contributed by atoms with Crippen molar-refractivity contribution in [3.8, 4) is 5.75 Å². The number of carbonyl (C=O) groups excluding carboxylic acids is 1. The first-order valence-electron chi connectivity index (χ1n) is 4.32. The highest BCUT2D eigenvalue weighted by atomic mass is 35.7. The van der Waals surface area contributed by atoms with Gasteiger partial charge in [-0.3, -0.25) is 0 Å². The van der Waals surface area contributed by atoms with E-state index in [1.807, 2.05) is 0 Å². The van der Waals surface area contributed by atoms with Crippen LogP contribution >= 0.6 is 10.7 Å². The summed E-state index contributed by atoms with van der Waals surface area (Å²) in [6, 6.07) is 4.84. The maximum atomic E-state index is 11.1. The van der Waals surface area contributed by atoms with Crippen molar-refractivity contribution in [1.82, 2.24) is 4.72 Å². The number of benzene rings is 1. The SMILES string of the molecule is CS(=O)(=O)c1ccc(OC(=O)NS(=O)(=O)Cl)cc1. The van der Waals surface area contributed by atoms with E-state index in [9.17, 15) is 21.6 Å². The largest absolute Gasteiger partial charge is 0.427 e. The topological polar surface area (TPSA) is 107 Å². The third-order valence-electron chi connectivity index (χ3n) is 1.67. The Hall–Kier alpha value is -1.32. The summed E-state index contributed by atoms with van der Waals surface area (Å²) < 4.78 is 49.2. The second kappa shape index (κ2) is 5.12. The number of nitrogens with one attached hydrogen (secondary N) is 1. The average Bonchev–Trinajstić information content (AvgIpc) is 2.13. The molecule has 100 valence electrons. The Bertz CT molecular complexity index is 649. The molecule has 0 aliphatic carbocycles. The summed E-state index contributed by atoms with van der Waals surface area (Å²) in [5, 5.41) is 0. The minimum Gasteiger partial charge on any atom is -0.410 e. The lowest BCUT2D eigenvalue weighted by Crippen LogP contribution is -2.29. The van der Waals surface area contributed by atoms with Crippen molar-refractivity contribution >= 4 is 35.8 Å². The number of ether oxygens (including phenoxy) is 1. The molecule has 1 rings (SSSR count). The molecule has 0 heterocycles. The van der Waals surface area contributed by atoms with Crippen LogP contribution in [-0.2, 0) is 19.1 Å². The molecule has 0 saturated heterocycles. The molecule has 0 fully saturated rings. The molecule has 7 nitrogen and oxygen atoms in total. The summed E-state index contributed by atoms with van der Waals surface area (Å²) in [4.78, 5) is 11.0. The van der Waals surface area contributed by atoms with E-state index in [-0.39, 0.29) is 10.6 Å². The summed E-state index contributed by atoms with van der Waals surface area (Å²) in [7, 11) is -2.81. The van der Waals surface area contributed by atoms with Gasteiger partial charge in [0.05, 0.1) is 4.90 Å². The van der Waals surface area contributed by atoms with Crippen LogP contribution in [0.5, 0.6) is 5.75 Å². The average molecular weight is 314 g/mol. The molecule has 1 aromatic rings. The normalized spacial score (nSPS) is 11.9. The van der Waals surface area contributed by atoms with E-state index in [0.29, 0.717) is 0 Å². The molecular formula is C8H8ClNO6S2. The maximum absolute atomic E-state index is 11.1. The number of hydrogen-bond acceptors (Lipinski definition) is 6. The van der Waals surface area contributed by atoms with Crippen LogP contribution in [0, 0.1) is 0 Å². The van der Waals surface area contributed by atoms with Gasteiger partial charge in [0, 0.05) is 16.9 Å². The van der Waals surface area contributed by atoms with E-state index in [2.05, 4.69) is 4.74 Å². The lowest BCUT2D eigenvalue weighted by Gasteiger charge is -2.04. The molecular weight excluding hydrogens is 306 g/mol. The summed E-state index contributed by atoms with van der Waals surface area (Å²) in [5.41, 5.74) is 0. The van der Waals surface area contributed by atoms with Crippen molar-refractivity contribution in [2.45, 2.75) is 4.90 Å². The maximum Gasteiger partial charge on any atom is 0.427 e. The summed E-state index contributed by atoms with van der Waals surface area (Å²) >= 11 is 0. The van der Waals surface area contributed by atoms with Crippen LogP contribution in [0.25, 0.3) is 0 Å². The van der Waals surface area contributed by atoms with Crippen LogP contribution in [0.15, 0.2) is 29.2 Å². The lowest BCUT2D eigenvalue weighted by atomic mass is 10.3. The van der Waals surface area contributed by atoms with E-state index >= 15 is 0 Å². The van der Waals surface area contributed by atoms with Gasteiger partial charge in [0.1, 0.15) is 5.75 Å². The quantitative estimate of drug-likeness (QED) is 0.822. The first kappa shape index (κ1) is 14.7. The Balaban J connectivity index is 2.79. The lowest BCUT2D eigenvalue weighted by molar-refractivity contribution is 0.207. The molecule has 1 amide bonds. The zero-order valence-electron chi connectivity index (χ0n) is 8.95. The minimum absolute atomic E-state index is 0.0276. The molecule has 0 saturated carbocycles. The Morgan fingerprint density at radius 1 is 1.17 bits per heavy atom. The van der Waals surface area contributed by atoms with Crippen molar-refractivity contribution in [3.05, 3.63) is 24.3 Å². The highest BCUT2D eigenvalue weighted by Crippen LogP contribution is 2.15. The van der Waals surface area contributed by atoms with Gasteiger partial charge in [0.25, 0.3) is 0 Å². The van der Waals surface area contributed by atoms with E-state index in [1.165, 1.54) is 29.0 Å². The standard InChI is InChI=1S/C8H8ClNO6S2/c1-17(12,13)7-4-2-6(3-5-7)16-8(11)10-18(9,14)15/h2-5H,1H3,(H,10,11). The smallest absolute Gasteiger partial charge is 0.410 e. The van der Waals surface area contributed by atoms with Crippen LogP contribution in [0.2, 0.25) is 0 Å². The molecule has 0 aromatic heterocycles. The molecule has 1 N–H and O–H groups in total. The number of rotatable bonds is 3. The van der Waals surface area contributed by atoms with Gasteiger partial charge < -0.3 is 4.74 Å². The van der Waals surface area contributed by atoms with E-state index in [4.69, 9.17) is 10.7 Å². The first-order chi connectivity index (χ1) is 8.08. The number of halogens is 1. The van der Waals surface area contributed by atoms with E-state index in [0.717, 1.165) is 6.26 Å². The van der Waals surface area contributed by atoms with Gasteiger partial charge in [-0.05, 0) is 24.3 Å². The van der Waals surface area contributed by atoms with Crippen molar-refractivity contribution in [2.24, 2.45) is 0 Å². The monoisotopic (exact) mass is 313 g/mol. The summed E-state index contributed by atoms with van der Waals surface area (Å²) in [6.45, 7) is 0. The molecule has 1 aromatic carbocycles. The Labute approximate surface area is 108 Å². The number of amides is 1. The Morgan fingerprint density at radius 2 is 1.67 bits per heavy atom. The first-order valence-corrected chi connectivity index (χ1v) is 8.52. The zero-order valence-corrected chi connectivity index (χ0v) is 11.3. The predicted molar refractivity (Wildman–Crippen MR) is 63.5 cm³/mol. The van der Waals surface area contributed by atoms with Crippen LogP contribution in [0.1, 0.15) is 0 Å². The fourth-order valence-electron chi connectivity index (χ4n) is 0.982. The third-order valence-corrected chi connectivity index (χ3v) is 3.44. The van der Waals surface area contributed by atoms with Crippen LogP contribution < -0.4 is 9.46 Å². The Morgan fingerprint density at radius 3 is 2.06 bits per heavy atom. The molecule has 10 heteroatoms. The third kappa shape index (κ3) is 4.90. The predicted octanol–water partition coefficient (Wildman–Crippen LogP) is 0.662. The molecule has 0 radical (unpaired) electrons. The number of sulfone groups is 1. The van der Waals surface area contributed by atoms with Gasteiger partial charge in [0.15, 0.2) is 9.84 Å². The number of hydrogen-bond donors (Lipinski definition) is 1. The molecule has 0 unspecified atom stereocenters. The second-order valence-electron chi connectivity index (χ2n) is 3.17. The van der Waals surface area contributed by atoms with Crippen molar-refractivity contribution in [2.75, 3.05) is 6.26 Å². The molecule has 0 atom stereocenters. The fourth-order valence-corrected chi connectivity index (χ4v) is 2.04. The van der Waals surface area contributed by atoms with Gasteiger partial charge >= 0.3 is 15.3 Å². The second-order valence-corrected chi connectivity index (χ2v) is 7.49. The molecule has 0 aliphatic heterocycles. The summed E-state index contributed by atoms with van der Waals surface area (Å²) in [6.07, 6.45) is -0.271. The Kier molecular flexibility index (Phi) is 4.20. The number of carbonyl (C=O) groups is 1. The van der Waals surface area contributed by atoms with Gasteiger partial charge in [0.2, 0.25) is 0 Å². The highest BCUT2D eigenvalue weighted by molar-refractivity contribution is 8.12. The summed E-state index contributed by atoms with van der Waals surface area (Å²) in [5.74, 6) is -0.0276. The van der Waals surface area contributed by atoms with Crippen molar-refractivity contribution < 1.29 is 26.4 Å². The van der Waals surface area contributed by atoms with Crippen LogP contribution in [-0.4, -0.2) is 29.2 Å². The van der Waals surface area contributed by atoms with Gasteiger partial charge in [-0.15, -0.1) is 0 Å².